The number of carbonyl (C=O) groups excluding carboxylic acids is 5. The molecule has 2 unspecified atom stereocenters. The highest BCUT2D eigenvalue weighted by atomic mass is 19.4. The molecule has 15 heteroatoms. The average Bonchev–Trinajstić information content (AvgIpc) is 3.18. The Morgan fingerprint density at radius 3 is 2.46 bits per heavy atom. The largest absolute Gasteiger partial charge is 0.477 e. The number of hydrogen-bond donors (Lipinski definition) is 4. The molecular formula is C26H33F3N6O6. The van der Waals surface area contributed by atoms with E-state index in [1.54, 1.807) is 5.32 Å². The van der Waals surface area contributed by atoms with Crippen molar-refractivity contribution in [2.75, 3.05) is 11.9 Å². The Balaban J connectivity index is 1.54. The van der Waals surface area contributed by atoms with Gasteiger partial charge in [-0.2, -0.15) is 13.2 Å². The summed E-state index contributed by atoms with van der Waals surface area (Å²) in [6, 6.07) is -2.59. The predicted molar refractivity (Wildman–Crippen MR) is 137 cm³/mol. The first-order chi connectivity index (χ1) is 18.8. The number of piperidine rings is 1. The van der Waals surface area contributed by atoms with Gasteiger partial charge in [-0.05, 0) is 28.7 Å². The van der Waals surface area contributed by atoms with Crippen LogP contribution in [0.2, 0.25) is 0 Å². The number of alkyl halides is 3. The first-order valence-electron chi connectivity index (χ1n) is 13.0. The van der Waals surface area contributed by atoms with Gasteiger partial charge in [-0.1, -0.05) is 34.6 Å². The predicted octanol–water partition coefficient (Wildman–Crippen LogP) is 0.718. The second-order valence-corrected chi connectivity index (χ2v) is 12.3. The Labute approximate surface area is 233 Å². The molecular weight excluding hydrogens is 549 g/mol. The third-order valence-electron chi connectivity index (χ3n) is 8.12. The summed E-state index contributed by atoms with van der Waals surface area (Å²) in [5.74, 6) is -5.64. The van der Waals surface area contributed by atoms with Crippen LogP contribution in [-0.2, 0) is 24.0 Å². The van der Waals surface area contributed by atoms with Crippen molar-refractivity contribution in [3.05, 3.63) is 18.5 Å². The highest BCUT2D eigenvalue weighted by molar-refractivity contribution is 5.99. The van der Waals surface area contributed by atoms with E-state index in [1.165, 1.54) is 39.2 Å². The molecule has 5 amide bonds. The molecule has 2 aliphatic heterocycles. The summed E-state index contributed by atoms with van der Waals surface area (Å²) < 4.78 is 44.8. The van der Waals surface area contributed by atoms with Crippen LogP contribution in [0.1, 0.15) is 41.0 Å². The smallest absolute Gasteiger partial charge is 0.471 e. The fourth-order valence-electron chi connectivity index (χ4n) is 5.71. The molecule has 1 saturated heterocycles. The Kier molecular flexibility index (Phi) is 7.46. The lowest BCUT2D eigenvalue weighted by atomic mass is 9.85. The molecule has 0 bridgehead atoms. The van der Waals surface area contributed by atoms with E-state index in [-0.39, 0.29) is 36.0 Å². The van der Waals surface area contributed by atoms with Crippen LogP contribution in [0.3, 0.4) is 0 Å². The molecule has 0 spiro atoms. The summed E-state index contributed by atoms with van der Waals surface area (Å²) in [6.07, 6.45) is -3.91. The molecule has 1 aromatic rings. The van der Waals surface area contributed by atoms with Gasteiger partial charge in [-0.3, -0.25) is 29.0 Å². The van der Waals surface area contributed by atoms with Gasteiger partial charge in [0.15, 0.2) is 11.9 Å². The van der Waals surface area contributed by atoms with E-state index >= 15 is 0 Å². The minimum atomic E-state index is -5.21. The monoisotopic (exact) mass is 582 g/mol. The van der Waals surface area contributed by atoms with E-state index in [1.807, 2.05) is 13.8 Å². The molecule has 0 aromatic carbocycles. The van der Waals surface area contributed by atoms with E-state index in [4.69, 9.17) is 10.5 Å². The summed E-state index contributed by atoms with van der Waals surface area (Å²) in [7, 11) is 0. The number of primary amides is 1. The van der Waals surface area contributed by atoms with Crippen molar-refractivity contribution < 1.29 is 41.9 Å². The topological polar surface area (TPSA) is 173 Å². The molecule has 4 rings (SSSR count). The Morgan fingerprint density at radius 2 is 1.88 bits per heavy atom. The molecule has 224 valence electrons. The molecule has 1 saturated carbocycles. The van der Waals surface area contributed by atoms with E-state index in [9.17, 15) is 37.1 Å². The van der Waals surface area contributed by atoms with Crippen molar-refractivity contribution >= 4 is 35.2 Å². The standard InChI is InChI=1S/C26H33F3N6O6/c1-24(2,3)18(34-23(40)26(27,28)29)22(39)35-10-11-16(25(11,4)5)17(35)21(38)33-13(19(30)36)8-14-20(37)32-12-6-7-31-9-15(12)41-14/h6-7,9,11,13-14,16-18H,8,10H2,1-5H3,(H2,30,36)(H,32,37)(H,33,38)(H,34,40)/t11-,13?,14-,16-,17-,18?/m0/s1. The second kappa shape index (κ2) is 10.2. The number of halogens is 3. The first-order valence-corrected chi connectivity index (χ1v) is 13.0. The van der Waals surface area contributed by atoms with Crippen LogP contribution in [-0.4, -0.2) is 76.4 Å². The molecule has 0 radical (unpaired) electrons. The molecule has 1 aliphatic carbocycles. The van der Waals surface area contributed by atoms with Gasteiger partial charge < -0.3 is 31.3 Å². The van der Waals surface area contributed by atoms with Gasteiger partial charge >= 0.3 is 12.1 Å². The summed E-state index contributed by atoms with van der Waals surface area (Å²) >= 11 is 0. The lowest BCUT2D eigenvalue weighted by Crippen LogP contribution is -2.61. The highest BCUT2D eigenvalue weighted by Gasteiger charge is 2.70. The zero-order valence-corrected chi connectivity index (χ0v) is 23.2. The van der Waals surface area contributed by atoms with Crippen LogP contribution in [0, 0.1) is 22.7 Å². The lowest BCUT2D eigenvalue weighted by Gasteiger charge is -2.38. The fourth-order valence-corrected chi connectivity index (χ4v) is 5.71. The lowest BCUT2D eigenvalue weighted by molar-refractivity contribution is -0.176. The number of carbonyl (C=O) groups is 5. The minimum absolute atomic E-state index is 0.0716. The average molecular weight is 583 g/mol. The maximum absolute atomic E-state index is 13.6. The maximum atomic E-state index is 13.6. The van der Waals surface area contributed by atoms with Crippen LogP contribution >= 0.6 is 0 Å². The van der Waals surface area contributed by atoms with E-state index in [2.05, 4.69) is 15.6 Å². The molecule has 6 atom stereocenters. The number of nitrogens with zero attached hydrogens (tertiary/aromatic N) is 2. The van der Waals surface area contributed by atoms with Crippen molar-refractivity contribution in [3.63, 3.8) is 0 Å². The SMILES string of the molecule is CC(C)(C)C(NC(=O)C(F)(F)F)C(=O)N1C[C@H]2[C@@H]([C@H]1C(=O)NC(C[C@@H]1Oc3cnccc3NC1=O)C(N)=O)C2(C)C. The van der Waals surface area contributed by atoms with E-state index in [0.717, 1.165) is 4.90 Å². The summed E-state index contributed by atoms with van der Waals surface area (Å²) in [5.41, 5.74) is 4.43. The van der Waals surface area contributed by atoms with Gasteiger partial charge in [0.2, 0.25) is 17.7 Å². The number of amides is 5. The van der Waals surface area contributed by atoms with Crippen LogP contribution in [0.15, 0.2) is 18.5 Å². The Morgan fingerprint density at radius 1 is 1.22 bits per heavy atom. The van der Waals surface area contributed by atoms with E-state index in [0.29, 0.717) is 5.69 Å². The van der Waals surface area contributed by atoms with E-state index < -0.39 is 65.4 Å². The van der Waals surface area contributed by atoms with Crippen molar-refractivity contribution in [3.8, 4) is 5.75 Å². The number of hydrogen-bond acceptors (Lipinski definition) is 7. The number of likely N-dealkylation sites (tertiary alicyclic amines) is 1. The van der Waals surface area contributed by atoms with Crippen LogP contribution in [0.5, 0.6) is 5.75 Å². The van der Waals surface area contributed by atoms with Crippen LogP contribution in [0.4, 0.5) is 18.9 Å². The summed E-state index contributed by atoms with van der Waals surface area (Å²) in [4.78, 5) is 69.0. The van der Waals surface area contributed by atoms with Gasteiger partial charge in [-0.25, -0.2) is 0 Å². The van der Waals surface area contributed by atoms with Crippen LogP contribution in [0.25, 0.3) is 0 Å². The molecule has 1 aromatic heterocycles. The third kappa shape index (κ3) is 5.79. The molecule has 5 N–H and O–H groups in total. The number of nitrogens with one attached hydrogen (secondary N) is 3. The third-order valence-corrected chi connectivity index (χ3v) is 8.12. The quantitative estimate of drug-likeness (QED) is 0.367. The number of anilines is 1. The summed E-state index contributed by atoms with van der Waals surface area (Å²) in [6.45, 7) is 8.35. The van der Waals surface area contributed by atoms with Gasteiger partial charge in [0.1, 0.15) is 18.1 Å². The number of rotatable bonds is 7. The first kappa shape index (κ1) is 30.1. The van der Waals surface area contributed by atoms with Gasteiger partial charge in [-0.15, -0.1) is 0 Å². The zero-order valence-electron chi connectivity index (χ0n) is 23.2. The normalized spacial score (nSPS) is 26.0. The van der Waals surface area contributed by atoms with Crippen molar-refractivity contribution in [1.29, 1.82) is 0 Å². The molecule has 3 heterocycles. The van der Waals surface area contributed by atoms with Crippen LogP contribution < -0.4 is 26.4 Å². The number of nitrogens with two attached hydrogens (primary N) is 1. The second-order valence-electron chi connectivity index (χ2n) is 12.3. The van der Waals surface area contributed by atoms with Crippen molar-refractivity contribution in [2.45, 2.75) is 71.4 Å². The number of aromatic nitrogens is 1. The van der Waals surface area contributed by atoms with Gasteiger partial charge in [0.25, 0.3) is 5.91 Å². The summed E-state index contributed by atoms with van der Waals surface area (Å²) in [5, 5.41) is 6.93. The van der Waals surface area contributed by atoms with Crippen molar-refractivity contribution in [1.82, 2.24) is 20.5 Å². The van der Waals surface area contributed by atoms with Crippen molar-refractivity contribution in [2.24, 2.45) is 28.4 Å². The number of ether oxygens (including phenoxy) is 1. The van der Waals surface area contributed by atoms with Gasteiger partial charge in [0, 0.05) is 19.2 Å². The molecule has 41 heavy (non-hydrogen) atoms. The number of fused-ring (bicyclic) bond motifs is 2. The Hall–Kier alpha value is -3.91. The van der Waals surface area contributed by atoms with Gasteiger partial charge in [0.05, 0.1) is 11.9 Å². The molecule has 2 fully saturated rings. The maximum Gasteiger partial charge on any atom is 0.471 e. The molecule has 3 aliphatic rings. The molecule has 12 nitrogen and oxygen atoms in total. The Bertz CT molecular complexity index is 1280. The minimum Gasteiger partial charge on any atom is -0.477 e. The zero-order chi connectivity index (χ0) is 30.7. The number of pyridine rings is 1. The highest BCUT2D eigenvalue weighted by Crippen LogP contribution is 2.65. The fraction of sp³-hybridized carbons (Fsp3) is 0.615.